The standard InChI is InChI=1S/C13H18N2O2S/c1-10(14-8-11-5-6-18-9-11)12-3-2-4-13(7-12)15(16)17/h2-4,7,10-11,14H,5-6,8-9H2,1H3. The molecule has 5 heteroatoms. The van der Waals surface area contributed by atoms with Crippen LogP contribution in [0.1, 0.15) is 24.9 Å². The Hall–Kier alpha value is -1.07. The molecule has 98 valence electrons. The molecule has 0 aliphatic carbocycles. The largest absolute Gasteiger partial charge is 0.310 e. The van der Waals surface area contributed by atoms with Gasteiger partial charge in [0.25, 0.3) is 5.69 Å². The summed E-state index contributed by atoms with van der Waals surface area (Å²) in [6.07, 6.45) is 1.28. The van der Waals surface area contributed by atoms with Gasteiger partial charge >= 0.3 is 0 Å². The van der Waals surface area contributed by atoms with Gasteiger partial charge in [-0.3, -0.25) is 10.1 Å². The number of nitrogens with one attached hydrogen (secondary N) is 1. The van der Waals surface area contributed by atoms with Crippen molar-refractivity contribution in [2.45, 2.75) is 19.4 Å². The van der Waals surface area contributed by atoms with E-state index in [1.54, 1.807) is 12.1 Å². The summed E-state index contributed by atoms with van der Waals surface area (Å²) in [5.74, 6) is 3.24. The fourth-order valence-electron chi connectivity index (χ4n) is 2.11. The van der Waals surface area contributed by atoms with Gasteiger partial charge in [0.1, 0.15) is 0 Å². The summed E-state index contributed by atoms with van der Waals surface area (Å²) in [7, 11) is 0. The van der Waals surface area contributed by atoms with Crippen LogP contribution in [0.4, 0.5) is 5.69 Å². The number of thioether (sulfide) groups is 1. The van der Waals surface area contributed by atoms with Gasteiger partial charge in [0.2, 0.25) is 0 Å². The van der Waals surface area contributed by atoms with Crippen LogP contribution in [0.25, 0.3) is 0 Å². The molecule has 0 amide bonds. The molecule has 1 saturated heterocycles. The number of nitro groups is 1. The molecule has 2 unspecified atom stereocenters. The van der Waals surface area contributed by atoms with Gasteiger partial charge in [-0.25, -0.2) is 0 Å². The van der Waals surface area contributed by atoms with Crippen LogP contribution < -0.4 is 5.32 Å². The molecular formula is C13H18N2O2S. The average molecular weight is 266 g/mol. The zero-order chi connectivity index (χ0) is 13.0. The predicted molar refractivity (Wildman–Crippen MR) is 74.9 cm³/mol. The summed E-state index contributed by atoms with van der Waals surface area (Å²) in [6.45, 7) is 3.05. The van der Waals surface area contributed by atoms with Crippen molar-refractivity contribution in [2.24, 2.45) is 5.92 Å². The summed E-state index contributed by atoms with van der Waals surface area (Å²) in [5.41, 5.74) is 1.15. The van der Waals surface area contributed by atoms with E-state index in [1.165, 1.54) is 24.0 Å². The topological polar surface area (TPSA) is 55.2 Å². The van der Waals surface area contributed by atoms with Gasteiger partial charge in [-0.2, -0.15) is 11.8 Å². The van der Waals surface area contributed by atoms with Crippen LogP contribution in [-0.4, -0.2) is 23.0 Å². The van der Waals surface area contributed by atoms with Crippen molar-refractivity contribution in [1.82, 2.24) is 5.32 Å². The molecule has 1 heterocycles. The molecule has 0 aromatic heterocycles. The highest BCUT2D eigenvalue weighted by atomic mass is 32.2. The van der Waals surface area contributed by atoms with Crippen molar-refractivity contribution >= 4 is 17.4 Å². The third-order valence-electron chi connectivity index (χ3n) is 3.32. The maximum Gasteiger partial charge on any atom is 0.269 e. The van der Waals surface area contributed by atoms with Crippen molar-refractivity contribution in [1.29, 1.82) is 0 Å². The van der Waals surface area contributed by atoms with Crippen LogP contribution in [0.5, 0.6) is 0 Å². The number of hydrogen-bond donors (Lipinski definition) is 1. The minimum atomic E-state index is -0.343. The van der Waals surface area contributed by atoms with E-state index in [0.717, 1.165) is 18.0 Å². The van der Waals surface area contributed by atoms with Gasteiger partial charge in [0, 0.05) is 18.2 Å². The molecule has 1 fully saturated rings. The summed E-state index contributed by atoms with van der Waals surface area (Å²) < 4.78 is 0. The fourth-order valence-corrected chi connectivity index (χ4v) is 3.40. The van der Waals surface area contributed by atoms with Crippen molar-refractivity contribution in [3.05, 3.63) is 39.9 Å². The quantitative estimate of drug-likeness (QED) is 0.657. The summed E-state index contributed by atoms with van der Waals surface area (Å²) >= 11 is 2.01. The van der Waals surface area contributed by atoms with Gasteiger partial charge in [-0.15, -0.1) is 0 Å². The minimum Gasteiger partial charge on any atom is -0.310 e. The Balaban J connectivity index is 1.93. The van der Waals surface area contributed by atoms with E-state index in [9.17, 15) is 10.1 Å². The third kappa shape index (κ3) is 3.46. The van der Waals surface area contributed by atoms with Gasteiger partial charge < -0.3 is 5.32 Å². The molecule has 0 radical (unpaired) electrons. The first kappa shape index (κ1) is 13.4. The van der Waals surface area contributed by atoms with Crippen molar-refractivity contribution < 1.29 is 4.92 Å². The molecule has 1 aromatic carbocycles. The molecule has 0 spiro atoms. The minimum absolute atomic E-state index is 0.162. The second kappa shape index (κ2) is 6.20. The van der Waals surface area contributed by atoms with Crippen LogP contribution in [0.15, 0.2) is 24.3 Å². The Kier molecular flexibility index (Phi) is 4.60. The van der Waals surface area contributed by atoms with Gasteiger partial charge in [0.05, 0.1) is 4.92 Å². The highest BCUT2D eigenvalue weighted by molar-refractivity contribution is 7.99. The van der Waals surface area contributed by atoms with E-state index < -0.39 is 0 Å². The van der Waals surface area contributed by atoms with E-state index in [1.807, 2.05) is 17.8 Å². The predicted octanol–water partition coefficient (Wildman–Crippen LogP) is 3.00. The lowest BCUT2D eigenvalue weighted by Crippen LogP contribution is -2.25. The Morgan fingerprint density at radius 3 is 3.11 bits per heavy atom. The summed E-state index contributed by atoms with van der Waals surface area (Å²) in [4.78, 5) is 10.4. The first-order valence-electron chi connectivity index (χ1n) is 6.22. The number of benzene rings is 1. The third-order valence-corrected chi connectivity index (χ3v) is 4.55. The molecule has 18 heavy (non-hydrogen) atoms. The Labute approximate surface area is 111 Å². The van der Waals surface area contributed by atoms with E-state index in [4.69, 9.17) is 0 Å². The van der Waals surface area contributed by atoms with Crippen LogP contribution in [0.3, 0.4) is 0 Å². The van der Waals surface area contributed by atoms with Gasteiger partial charge in [-0.05, 0) is 42.9 Å². The number of non-ortho nitro benzene ring substituents is 1. The summed E-state index contributed by atoms with van der Waals surface area (Å²) in [5, 5.41) is 14.2. The normalized spacial score (nSPS) is 20.8. The molecule has 2 atom stereocenters. The van der Waals surface area contributed by atoms with E-state index >= 15 is 0 Å². The van der Waals surface area contributed by atoms with Gasteiger partial charge in [-0.1, -0.05) is 12.1 Å². The smallest absolute Gasteiger partial charge is 0.269 e. The molecule has 4 nitrogen and oxygen atoms in total. The lowest BCUT2D eigenvalue weighted by Gasteiger charge is -2.17. The number of nitrogens with zero attached hydrogens (tertiary/aromatic N) is 1. The molecule has 1 aliphatic heterocycles. The molecular weight excluding hydrogens is 248 g/mol. The van der Waals surface area contributed by atoms with E-state index in [2.05, 4.69) is 12.2 Å². The molecule has 0 saturated carbocycles. The molecule has 1 aliphatic rings. The highest BCUT2D eigenvalue weighted by Crippen LogP contribution is 2.24. The zero-order valence-electron chi connectivity index (χ0n) is 10.5. The Morgan fingerprint density at radius 1 is 1.61 bits per heavy atom. The van der Waals surface area contributed by atoms with Crippen LogP contribution in [0, 0.1) is 16.0 Å². The molecule has 1 aromatic rings. The second-order valence-corrected chi connectivity index (χ2v) is 5.86. The van der Waals surface area contributed by atoms with Crippen molar-refractivity contribution in [3.63, 3.8) is 0 Å². The van der Waals surface area contributed by atoms with Crippen molar-refractivity contribution in [3.8, 4) is 0 Å². The number of rotatable bonds is 5. The molecule has 1 N–H and O–H groups in total. The summed E-state index contributed by atoms with van der Waals surface area (Å²) in [6, 6.07) is 7.03. The maximum atomic E-state index is 10.7. The van der Waals surface area contributed by atoms with E-state index in [0.29, 0.717) is 0 Å². The Bertz CT molecular complexity index is 419. The van der Waals surface area contributed by atoms with Crippen LogP contribution in [-0.2, 0) is 0 Å². The van der Waals surface area contributed by atoms with Crippen molar-refractivity contribution in [2.75, 3.05) is 18.1 Å². The first-order chi connectivity index (χ1) is 8.66. The monoisotopic (exact) mass is 266 g/mol. The molecule has 0 bridgehead atoms. The Morgan fingerprint density at radius 2 is 2.44 bits per heavy atom. The fraction of sp³-hybridized carbons (Fsp3) is 0.538. The lowest BCUT2D eigenvalue weighted by atomic mass is 10.1. The average Bonchev–Trinajstić information content (AvgIpc) is 2.89. The SMILES string of the molecule is CC(NCC1CCSC1)c1cccc([N+](=O)[O-])c1. The highest BCUT2D eigenvalue weighted by Gasteiger charge is 2.17. The maximum absolute atomic E-state index is 10.7. The number of hydrogen-bond acceptors (Lipinski definition) is 4. The zero-order valence-corrected chi connectivity index (χ0v) is 11.3. The van der Waals surface area contributed by atoms with E-state index in [-0.39, 0.29) is 16.7 Å². The van der Waals surface area contributed by atoms with Crippen LogP contribution in [0.2, 0.25) is 0 Å². The second-order valence-electron chi connectivity index (χ2n) is 4.71. The number of nitro benzene ring substituents is 1. The lowest BCUT2D eigenvalue weighted by molar-refractivity contribution is -0.384. The van der Waals surface area contributed by atoms with Crippen LogP contribution >= 0.6 is 11.8 Å². The first-order valence-corrected chi connectivity index (χ1v) is 7.38. The van der Waals surface area contributed by atoms with Gasteiger partial charge in [0.15, 0.2) is 0 Å². The molecule has 2 rings (SSSR count).